The van der Waals surface area contributed by atoms with Crippen molar-refractivity contribution < 1.29 is 14.6 Å². The van der Waals surface area contributed by atoms with Crippen molar-refractivity contribution in [2.45, 2.75) is 19.8 Å². The number of aromatic nitrogens is 2. The molecule has 0 spiro atoms. The Kier molecular flexibility index (Phi) is 4.08. The predicted octanol–water partition coefficient (Wildman–Crippen LogP) is 2.42. The van der Waals surface area contributed by atoms with Crippen LogP contribution < -0.4 is 4.74 Å². The monoisotopic (exact) mass is 274 g/mol. The molecule has 0 saturated carbocycles. The molecule has 0 aliphatic rings. The van der Waals surface area contributed by atoms with Crippen LogP contribution in [0.5, 0.6) is 5.75 Å². The van der Waals surface area contributed by atoms with Gasteiger partial charge in [-0.25, -0.2) is 0 Å². The Labute approximate surface area is 117 Å². The van der Waals surface area contributed by atoms with Crippen LogP contribution in [-0.2, 0) is 18.3 Å². The summed E-state index contributed by atoms with van der Waals surface area (Å²) in [6.45, 7) is 2.02. The Morgan fingerprint density at radius 3 is 2.80 bits per heavy atom. The summed E-state index contributed by atoms with van der Waals surface area (Å²) in [5.74, 6) is -0.0336. The van der Waals surface area contributed by atoms with Gasteiger partial charge in [-0.05, 0) is 25.1 Å². The lowest BCUT2D eigenvalue weighted by Crippen LogP contribution is -1.99. The molecule has 5 nitrogen and oxygen atoms in total. The molecule has 0 unspecified atom stereocenters. The SMILES string of the molecule is COc1ccc(C)cc1-c1cc(CCC(=O)O)nn1C. The van der Waals surface area contributed by atoms with Crippen molar-refractivity contribution in [3.05, 3.63) is 35.5 Å². The maximum Gasteiger partial charge on any atom is 0.303 e. The maximum absolute atomic E-state index is 10.6. The maximum atomic E-state index is 10.6. The number of ether oxygens (including phenoxy) is 1. The van der Waals surface area contributed by atoms with Gasteiger partial charge in [0.1, 0.15) is 5.75 Å². The highest BCUT2D eigenvalue weighted by Gasteiger charge is 2.13. The molecule has 1 aromatic carbocycles. The molecule has 0 aliphatic heterocycles. The van der Waals surface area contributed by atoms with Gasteiger partial charge >= 0.3 is 5.97 Å². The Bertz CT molecular complexity index is 632. The summed E-state index contributed by atoms with van der Waals surface area (Å²) in [4.78, 5) is 10.6. The number of nitrogens with zero attached hydrogens (tertiary/aromatic N) is 2. The number of carboxylic acid groups (broad SMARTS) is 1. The van der Waals surface area contributed by atoms with Gasteiger partial charge in [-0.1, -0.05) is 11.6 Å². The molecular weight excluding hydrogens is 256 g/mol. The third kappa shape index (κ3) is 2.99. The topological polar surface area (TPSA) is 64.3 Å². The zero-order chi connectivity index (χ0) is 14.7. The van der Waals surface area contributed by atoms with Gasteiger partial charge in [-0.15, -0.1) is 0 Å². The van der Waals surface area contributed by atoms with Crippen molar-refractivity contribution in [2.75, 3.05) is 7.11 Å². The van der Waals surface area contributed by atoms with E-state index in [2.05, 4.69) is 5.10 Å². The lowest BCUT2D eigenvalue weighted by molar-refractivity contribution is -0.136. The van der Waals surface area contributed by atoms with Crippen molar-refractivity contribution in [1.82, 2.24) is 9.78 Å². The molecule has 0 bridgehead atoms. The number of carboxylic acids is 1. The number of rotatable bonds is 5. The lowest BCUT2D eigenvalue weighted by Gasteiger charge is -2.09. The molecule has 2 rings (SSSR count). The second-order valence-corrected chi connectivity index (χ2v) is 4.74. The Morgan fingerprint density at radius 1 is 1.40 bits per heavy atom. The van der Waals surface area contributed by atoms with Gasteiger partial charge in [0.05, 0.1) is 24.9 Å². The van der Waals surface area contributed by atoms with Crippen molar-refractivity contribution in [3.8, 4) is 17.0 Å². The van der Waals surface area contributed by atoms with E-state index in [4.69, 9.17) is 9.84 Å². The highest BCUT2D eigenvalue weighted by Crippen LogP contribution is 2.31. The standard InChI is InChI=1S/C15H18N2O3/c1-10-4-6-14(20-3)12(8-10)13-9-11(16-17(13)2)5-7-15(18)19/h4,6,8-9H,5,7H2,1-3H3,(H,18,19). The van der Waals surface area contributed by atoms with Gasteiger partial charge in [0.25, 0.3) is 0 Å². The summed E-state index contributed by atoms with van der Waals surface area (Å²) in [6, 6.07) is 7.87. The summed E-state index contributed by atoms with van der Waals surface area (Å²) in [5, 5.41) is 13.1. The number of aliphatic carboxylic acids is 1. The highest BCUT2D eigenvalue weighted by molar-refractivity contribution is 5.69. The van der Waals surface area contributed by atoms with Gasteiger partial charge in [-0.2, -0.15) is 5.10 Å². The summed E-state index contributed by atoms with van der Waals surface area (Å²) < 4.78 is 7.14. The molecule has 1 N–H and O–H groups in total. The molecule has 2 aromatic rings. The van der Waals surface area contributed by atoms with E-state index in [-0.39, 0.29) is 6.42 Å². The van der Waals surface area contributed by atoms with Crippen LogP contribution in [0, 0.1) is 6.92 Å². The molecule has 1 aromatic heterocycles. The first-order valence-electron chi connectivity index (χ1n) is 6.41. The number of hydrogen-bond acceptors (Lipinski definition) is 3. The zero-order valence-corrected chi connectivity index (χ0v) is 11.9. The average Bonchev–Trinajstić information content (AvgIpc) is 2.77. The summed E-state index contributed by atoms with van der Waals surface area (Å²) in [7, 11) is 3.48. The van der Waals surface area contributed by atoms with E-state index in [0.717, 1.165) is 28.3 Å². The first kappa shape index (κ1) is 14.1. The van der Waals surface area contributed by atoms with Crippen LogP contribution in [-0.4, -0.2) is 28.0 Å². The van der Waals surface area contributed by atoms with Crippen LogP contribution in [0.4, 0.5) is 0 Å². The molecule has 0 radical (unpaired) electrons. The van der Waals surface area contributed by atoms with Gasteiger partial charge in [0.15, 0.2) is 0 Å². The molecule has 0 saturated heterocycles. The van der Waals surface area contributed by atoms with Gasteiger partial charge < -0.3 is 9.84 Å². The fourth-order valence-corrected chi connectivity index (χ4v) is 2.16. The Hall–Kier alpha value is -2.30. The number of methoxy groups -OCH3 is 1. The summed E-state index contributed by atoms with van der Waals surface area (Å²) in [6.07, 6.45) is 0.513. The number of hydrogen-bond donors (Lipinski definition) is 1. The largest absolute Gasteiger partial charge is 0.496 e. The van der Waals surface area contributed by atoms with Crippen LogP contribution in [0.1, 0.15) is 17.7 Å². The van der Waals surface area contributed by atoms with Crippen molar-refractivity contribution in [3.63, 3.8) is 0 Å². The van der Waals surface area contributed by atoms with Crippen molar-refractivity contribution >= 4 is 5.97 Å². The summed E-state index contributed by atoms with van der Waals surface area (Å²) in [5.41, 5.74) is 3.79. The molecule has 0 aliphatic carbocycles. The van der Waals surface area contributed by atoms with E-state index in [0.29, 0.717) is 6.42 Å². The average molecular weight is 274 g/mol. The molecule has 0 amide bonds. The van der Waals surface area contributed by atoms with E-state index in [9.17, 15) is 4.79 Å². The van der Waals surface area contributed by atoms with E-state index in [1.54, 1.807) is 11.8 Å². The molecule has 1 heterocycles. The molecule has 20 heavy (non-hydrogen) atoms. The Morgan fingerprint density at radius 2 is 2.15 bits per heavy atom. The van der Waals surface area contributed by atoms with Gasteiger partial charge in [0.2, 0.25) is 0 Å². The normalized spacial score (nSPS) is 10.6. The fourth-order valence-electron chi connectivity index (χ4n) is 2.16. The van der Waals surface area contributed by atoms with Crippen LogP contribution >= 0.6 is 0 Å². The molecule has 0 atom stereocenters. The first-order chi connectivity index (χ1) is 9.51. The minimum Gasteiger partial charge on any atom is -0.496 e. The predicted molar refractivity (Wildman–Crippen MR) is 75.9 cm³/mol. The molecule has 5 heteroatoms. The van der Waals surface area contributed by atoms with Crippen LogP contribution in [0.15, 0.2) is 24.3 Å². The Balaban J connectivity index is 2.37. The van der Waals surface area contributed by atoms with Crippen molar-refractivity contribution in [2.24, 2.45) is 7.05 Å². The minimum atomic E-state index is -0.815. The molecule has 0 fully saturated rings. The smallest absolute Gasteiger partial charge is 0.303 e. The van der Waals surface area contributed by atoms with E-state index >= 15 is 0 Å². The lowest BCUT2D eigenvalue weighted by atomic mass is 10.1. The van der Waals surface area contributed by atoms with Crippen molar-refractivity contribution in [1.29, 1.82) is 0 Å². The summed E-state index contributed by atoms with van der Waals surface area (Å²) >= 11 is 0. The second kappa shape index (κ2) is 5.77. The third-order valence-electron chi connectivity index (χ3n) is 3.16. The van der Waals surface area contributed by atoms with Gasteiger partial charge in [-0.3, -0.25) is 9.48 Å². The first-order valence-corrected chi connectivity index (χ1v) is 6.41. The number of carbonyl (C=O) groups is 1. The third-order valence-corrected chi connectivity index (χ3v) is 3.16. The van der Waals surface area contributed by atoms with E-state index < -0.39 is 5.97 Å². The minimum absolute atomic E-state index is 0.0847. The zero-order valence-electron chi connectivity index (χ0n) is 11.9. The second-order valence-electron chi connectivity index (χ2n) is 4.74. The number of aryl methyl sites for hydroxylation is 3. The molecule has 106 valence electrons. The van der Waals surface area contributed by atoms with Gasteiger partial charge in [0, 0.05) is 19.0 Å². The van der Waals surface area contributed by atoms with Crippen LogP contribution in [0.3, 0.4) is 0 Å². The fraction of sp³-hybridized carbons (Fsp3) is 0.333. The number of benzene rings is 1. The quantitative estimate of drug-likeness (QED) is 0.909. The van der Waals surface area contributed by atoms with E-state index in [1.807, 2.05) is 38.2 Å². The van der Waals surface area contributed by atoms with Crippen LogP contribution in [0.2, 0.25) is 0 Å². The van der Waals surface area contributed by atoms with E-state index in [1.165, 1.54) is 0 Å². The van der Waals surface area contributed by atoms with Crippen LogP contribution in [0.25, 0.3) is 11.3 Å². The molecular formula is C15H18N2O3. The highest BCUT2D eigenvalue weighted by atomic mass is 16.5.